The van der Waals surface area contributed by atoms with Gasteiger partial charge in [-0.1, -0.05) is 12.1 Å². The SMILES string of the molecule is COC(=O)C[C@H](N)c1cccc([N+](=O)[O-])c1. The Morgan fingerprint density at radius 1 is 1.62 bits per heavy atom. The molecule has 0 radical (unpaired) electrons. The van der Waals surface area contributed by atoms with Crippen LogP contribution in [0.25, 0.3) is 0 Å². The molecule has 0 bridgehead atoms. The van der Waals surface area contributed by atoms with Gasteiger partial charge in [0, 0.05) is 18.2 Å². The molecular weight excluding hydrogens is 212 g/mol. The Balaban J connectivity index is 2.83. The average Bonchev–Trinajstić information content (AvgIpc) is 2.28. The molecule has 1 rings (SSSR count). The second-order valence-electron chi connectivity index (χ2n) is 3.24. The van der Waals surface area contributed by atoms with Crippen LogP contribution in [0, 0.1) is 10.1 Å². The highest BCUT2D eigenvalue weighted by atomic mass is 16.6. The van der Waals surface area contributed by atoms with E-state index in [1.165, 1.54) is 25.3 Å². The van der Waals surface area contributed by atoms with Crippen LogP contribution in [0.15, 0.2) is 24.3 Å². The number of nitro groups is 1. The summed E-state index contributed by atoms with van der Waals surface area (Å²) in [6.07, 6.45) is -0.00231. The van der Waals surface area contributed by atoms with Crippen LogP contribution in [-0.4, -0.2) is 18.0 Å². The normalized spacial score (nSPS) is 11.9. The van der Waals surface area contributed by atoms with Crippen molar-refractivity contribution in [3.05, 3.63) is 39.9 Å². The van der Waals surface area contributed by atoms with Crippen molar-refractivity contribution in [3.63, 3.8) is 0 Å². The van der Waals surface area contributed by atoms with Crippen LogP contribution in [-0.2, 0) is 9.53 Å². The molecule has 0 aliphatic rings. The first-order chi connectivity index (χ1) is 7.54. The fourth-order valence-corrected chi connectivity index (χ4v) is 1.25. The molecule has 86 valence electrons. The summed E-state index contributed by atoms with van der Waals surface area (Å²) >= 11 is 0. The van der Waals surface area contributed by atoms with Crippen LogP contribution in [0.3, 0.4) is 0 Å². The van der Waals surface area contributed by atoms with Crippen molar-refractivity contribution in [1.29, 1.82) is 0 Å². The lowest BCUT2D eigenvalue weighted by atomic mass is 10.0. The quantitative estimate of drug-likeness (QED) is 0.470. The van der Waals surface area contributed by atoms with Gasteiger partial charge >= 0.3 is 5.97 Å². The van der Waals surface area contributed by atoms with E-state index < -0.39 is 16.9 Å². The summed E-state index contributed by atoms with van der Waals surface area (Å²) in [5.41, 5.74) is 6.21. The van der Waals surface area contributed by atoms with E-state index in [1.807, 2.05) is 0 Å². The number of carbonyl (C=O) groups is 1. The predicted molar refractivity (Wildman–Crippen MR) is 56.7 cm³/mol. The van der Waals surface area contributed by atoms with E-state index in [0.29, 0.717) is 5.56 Å². The molecule has 0 aliphatic carbocycles. The molecule has 2 N–H and O–H groups in total. The summed E-state index contributed by atoms with van der Waals surface area (Å²) < 4.78 is 4.47. The Morgan fingerprint density at radius 3 is 2.88 bits per heavy atom. The lowest BCUT2D eigenvalue weighted by Gasteiger charge is -2.09. The Morgan fingerprint density at radius 2 is 2.31 bits per heavy atom. The first-order valence-electron chi connectivity index (χ1n) is 4.61. The van der Waals surface area contributed by atoms with Crippen LogP contribution in [0.4, 0.5) is 5.69 Å². The minimum absolute atomic E-state index is 0.00231. The van der Waals surface area contributed by atoms with Gasteiger partial charge in [0.05, 0.1) is 18.5 Å². The van der Waals surface area contributed by atoms with Gasteiger partial charge in [0.15, 0.2) is 0 Å². The Kier molecular flexibility index (Phi) is 3.96. The van der Waals surface area contributed by atoms with Crippen molar-refractivity contribution in [3.8, 4) is 0 Å². The van der Waals surface area contributed by atoms with Crippen LogP contribution in [0.1, 0.15) is 18.0 Å². The fourth-order valence-electron chi connectivity index (χ4n) is 1.25. The number of hydrogen-bond donors (Lipinski definition) is 1. The summed E-state index contributed by atoms with van der Waals surface area (Å²) in [4.78, 5) is 21.0. The molecule has 0 saturated heterocycles. The summed E-state index contributed by atoms with van der Waals surface area (Å²) in [7, 11) is 1.27. The number of nitro benzene ring substituents is 1. The zero-order valence-electron chi connectivity index (χ0n) is 8.75. The number of esters is 1. The van der Waals surface area contributed by atoms with Crippen molar-refractivity contribution in [2.75, 3.05) is 7.11 Å². The third-order valence-electron chi connectivity index (χ3n) is 2.12. The lowest BCUT2D eigenvalue weighted by Crippen LogP contribution is -2.16. The molecule has 1 aromatic rings. The molecule has 0 amide bonds. The molecule has 0 fully saturated rings. The first-order valence-corrected chi connectivity index (χ1v) is 4.61. The predicted octanol–water partition coefficient (Wildman–Crippen LogP) is 1.16. The van der Waals surface area contributed by atoms with Gasteiger partial charge in [0.2, 0.25) is 0 Å². The number of nitrogens with two attached hydrogens (primary N) is 1. The average molecular weight is 224 g/mol. The first kappa shape index (κ1) is 12.1. The Labute approximate surface area is 92.2 Å². The fraction of sp³-hybridized carbons (Fsp3) is 0.300. The molecule has 1 aromatic carbocycles. The van der Waals surface area contributed by atoms with Crippen molar-refractivity contribution < 1.29 is 14.5 Å². The number of rotatable bonds is 4. The molecule has 0 unspecified atom stereocenters. The topological polar surface area (TPSA) is 95.5 Å². The van der Waals surface area contributed by atoms with Gasteiger partial charge in [-0.15, -0.1) is 0 Å². The maximum atomic E-state index is 11.0. The summed E-state index contributed by atoms with van der Waals surface area (Å²) in [6, 6.07) is 5.31. The van der Waals surface area contributed by atoms with Crippen molar-refractivity contribution >= 4 is 11.7 Å². The van der Waals surface area contributed by atoms with Crippen LogP contribution in [0.2, 0.25) is 0 Å². The van der Waals surface area contributed by atoms with Crippen molar-refractivity contribution in [1.82, 2.24) is 0 Å². The monoisotopic (exact) mass is 224 g/mol. The minimum Gasteiger partial charge on any atom is -0.469 e. The van der Waals surface area contributed by atoms with Gasteiger partial charge < -0.3 is 10.5 Å². The zero-order valence-corrected chi connectivity index (χ0v) is 8.75. The van der Waals surface area contributed by atoms with Gasteiger partial charge in [-0.2, -0.15) is 0 Å². The van der Waals surface area contributed by atoms with Crippen LogP contribution >= 0.6 is 0 Å². The second-order valence-corrected chi connectivity index (χ2v) is 3.24. The van der Waals surface area contributed by atoms with Gasteiger partial charge in [-0.05, 0) is 5.56 Å². The second kappa shape index (κ2) is 5.22. The number of hydrogen-bond acceptors (Lipinski definition) is 5. The molecule has 0 aliphatic heterocycles. The van der Waals surface area contributed by atoms with Gasteiger partial charge in [0.1, 0.15) is 0 Å². The number of benzene rings is 1. The molecule has 0 aromatic heterocycles. The van der Waals surface area contributed by atoms with E-state index in [4.69, 9.17) is 5.73 Å². The Hall–Kier alpha value is -1.95. The molecule has 0 saturated carbocycles. The van der Waals surface area contributed by atoms with E-state index in [0.717, 1.165) is 0 Å². The van der Waals surface area contributed by atoms with Crippen LogP contribution < -0.4 is 5.73 Å². The third kappa shape index (κ3) is 3.03. The molecule has 6 heteroatoms. The van der Waals surface area contributed by atoms with Gasteiger partial charge in [-0.25, -0.2) is 0 Å². The highest BCUT2D eigenvalue weighted by Gasteiger charge is 2.14. The number of carbonyl (C=O) groups excluding carboxylic acids is 1. The maximum absolute atomic E-state index is 11.0. The van der Waals surface area contributed by atoms with E-state index in [9.17, 15) is 14.9 Å². The van der Waals surface area contributed by atoms with Crippen molar-refractivity contribution in [2.24, 2.45) is 5.73 Å². The van der Waals surface area contributed by atoms with E-state index in [-0.39, 0.29) is 12.1 Å². The third-order valence-corrected chi connectivity index (χ3v) is 2.12. The molecule has 6 nitrogen and oxygen atoms in total. The maximum Gasteiger partial charge on any atom is 0.307 e. The number of ether oxygens (including phenoxy) is 1. The van der Waals surface area contributed by atoms with E-state index in [1.54, 1.807) is 6.07 Å². The molecule has 1 atom stereocenters. The van der Waals surface area contributed by atoms with Gasteiger partial charge in [0.25, 0.3) is 5.69 Å². The molecule has 16 heavy (non-hydrogen) atoms. The minimum atomic E-state index is -0.590. The van der Waals surface area contributed by atoms with E-state index >= 15 is 0 Å². The summed E-state index contributed by atoms with van der Waals surface area (Å²) in [5.74, 6) is -0.445. The number of nitrogens with zero attached hydrogens (tertiary/aromatic N) is 1. The summed E-state index contributed by atoms with van der Waals surface area (Å²) in [5, 5.41) is 10.5. The standard InChI is InChI=1S/C10H12N2O4/c1-16-10(13)6-9(11)7-3-2-4-8(5-7)12(14)15/h2-5,9H,6,11H2,1H3/t9-/m0/s1. The van der Waals surface area contributed by atoms with Crippen molar-refractivity contribution in [2.45, 2.75) is 12.5 Å². The number of non-ortho nitro benzene ring substituents is 1. The number of methoxy groups -OCH3 is 1. The largest absolute Gasteiger partial charge is 0.469 e. The van der Waals surface area contributed by atoms with Crippen LogP contribution in [0.5, 0.6) is 0 Å². The lowest BCUT2D eigenvalue weighted by molar-refractivity contribution is -0.384. The molecule has 0 heterocycles. The molecular formula is C10H12N2O4. The smallest absolute Gasteiger partial charge is 0.307 e. The Bertz CT molecular complexity index is 406. The highest BCUT2D eigenvalue weighted by Crippen LogP contribution is 2.19. The molecule has 0 spiro atoms. The highest BCUT2D eigenvalue weighted by molar-refractivity contribution is 5.70. The van der Waals surface area contributed by atoms with Gasteiger partial charge in [-0.3, -0.25) is 14.9 Å². The summed E-state index contributed by atoms with van der Waals surface area (Å²) in [6.45, 7) is 0. The van der Waals surface area contributed by atoms with E-state index in [2.05, 4.69) is 4.74 Å². The zero-order chi connectivity index (χ0) is 12.1.